The Hall–Kier alpha value is -2.38. The van der Waals surface area contributed by atoms with E-state index in [-0.39, 0.29) is 24.7 Å². The van der Waals surface area contributed by atoms with Gasteiger partial charge in [-0.05, 0) is 57.9 Å². The van der Waals surface area contributed by atoms with Gasteiger partial charge in [-0.15, -0.1) is 0 Å². The van der Waals surface area contributed by atoms with Gasteiger partial charge in [0.25, 0.3) is 0 Å². The second kappa shape index (κ2) is 10.9. The van der Waals surface area contributed by atoms with Crippen LogP contribution in [0.1, 0.15) is 63.8 Å². The summed E-state index contributed by atoms with van der Waals surface area (Å²) >= 11 is 0. The van der Waals surface area contributed by atoms with E-state index < -0.39 is 59.7 Å². The van der Waals surface area contributed by atoms with E-state index >= 15 is 0 Å². The van der Waals surface area contributed by atoms with Gasteiger partial charge in [0.2, 0.25) is 0 Å². The average molecular weight is 528 g/mol. The third-order valence-electron chi connectivity index (χ3n) is 5.77. The number of amides is 1. The molecule has 0 radical (unpaired) electrons. The number of halogens is 6. The monoisotopic (exact) mass is 527 g/mol. The van der Waals surface area contributed by atoms with Crippen LogP contribution in [-0.4, -0.2) is 64.4 Å². The van der Waals surface area contributed by atoms with E-state index in [9.17, 15) is 41.0 Å². The molecule has 7 nitrogen and oxygen atoms in total. The van der Waals surface area contributed by atoms with E-state index in [1.165, 1.54) is 16.7 Å². The Bertz CT molecular complexity index is 900. The summed E-state index contributed by atoms with van der Waals surface area (Å²) < 4.78 is 85.1. The first-order chi connectivity index (χ1) is 16.4. The van der Waals surface area contributed by atoms with Crippen LogP contribution >= 0.6 is 0 Å². The minimum absolute atomic E-state index is 0.0528. The molecule has 1 aliphatic heterocycles. The Balaban J connectivity index is 2.30. The van der Waals surface area contributed by atoms with Crippen LogP contribution in [0.3, 0.4) is 0 Å². The maximum atomic E-state index is 13.3. The summed E-state index contributed by atoms with van der Waals surface area (Å²) in [5.41, 5.74) is -3.97. The number of nitrogens with zero attached hydrogens (tertiary/aromatic N) is 2. The fourth-order valence-electron chi connectivity index (χ4n) is 4.09. The number of hydrogen-bond donors (Lipinski definition) is 2. The van der Waals surface area contributed by atoms with Crippen molar-refractivity contribution in [3.05, 3.63) is 34.9 Å². The number of aliphatic hydroxyl groups is 1. The highest BCUT2D eigenvalue weighted by Gasteiger charge is 2.43. The van der Waals surface area contributed by atoms with Crippen molar-refractivity contribution >= 4 is 12.4 Å². The predicted molar refractivity (Wildman–Crippen MR) is 118 cm³/mol. The van der Waals surface area contributed by atoms with E-state index in [1.807, 2.05) is 0 Å². The number of hydrogen-bond acceptors (Lipinski definition) is 6. The number of carbonyl (C=O) groups is 2. The van der Waals surface area contributed by atoms with Crippen LogP contribution in [0.4, 0.5) is 31.1 Å². The van der Waals surface area contributed by atoms with Crippen molar-refractivity contribution in [2.45, 2.75) is 83.5 Å². The summed E-state index contributed by atoms with van der Waals surface area (Å²) in [6, 6.07) is -1.23. The number of carbonyl (C=O) groups excluding carboxylic acids is 2. The molecule has 0 bridgehead atoms. The Morgan fingerprint density at radius 3 is 2.08 bits per heavy atom. The Labute approximate surface area is 205 Å². The van der Waals surface area contributed by atoms with Gasteiger partial charge < -0.3 is 20.0 Å². The molecule has 4 atom stereocenters. The van der Waals surface area contributed by atoms with Crippen molar-refractivity contribution in [1.82, 2.24) is 15.1 Å². The summed E-state index contributed by atoms with van der Waals surface area (Å²) in [6.07, 6.45) is -11.4. The maximum absolute atomic E-state index is 13.3. The van der Waals surface area contributed by atoms with Crippen LogP contribution in [-0.2, 0) is 21.9 Å². The molecule has 1 aliphatic rings. The highest BCUT2D eigenvalue weighted by atomic mass is 19.4. The molecule has 1 heterocycles. The van der Waals surface area contributed by atoms with Gasteiger partial charge in [-0.25, -0.2) is 4.79 Å². The minimum atomic E-state index is -5.00. The van der Waals surface area contributed by atoms with Gasteiger partial charge in [0.15, 0.2) is 6.35 Å². The zero-order valence-corrected chi connectivity index (χ0v) is 20.6. The second-order valence-electron chi connectivity index (χ2n) is 9.71. The number of aldehydes is 1. The summed E-state index contributed by atoms with van der Waals surface area (Å²) in [7, 11) is 0. The Kier molecular flexibility index (Phi) is 9.06. The van der Waals surface area contributed by atoms with Crippen LogP contribution in [0.25, 0.3) is 0 Å². The lowest BCUT2D eigenvalue weighted by atomic mass is 9.98. The normalized spacial score (nSPS) is 21.8. The van der Waals surface area contributed by atoms with Crippen LogP contribution < -0.4 is 5.32 Å². The van der Waals surface area contributed by atoms with Crippen LogP contribution in [0.2, 0.25) is 0 Å². The smallest absolute Gasteiger partial charge is 0.416 e. The van der Waals surface area contributed by atoms with Crippen molar-refractivity contribution in [1.29, 1.82) is 0 Å². The van der Waals surface area contributed by atoms with E-state index in [2.05, 4.69) is 5.32 Å². The molecule has 1 aromatic rings. The van der Waals surface area contributed by atoms with E-state index in [0.29, 0.717) is 24.8 Å². The topological polar surface area (TPSA) is 82.1 Å². The number of rotatable bonds is 7. The van der Waals surface area contributed by atoms with Crippen molar-refractivity contribution < 1.29 is 45.8 Å². The fourth-order valence-corrected chi connectivity index (χ4v) is 4.09. The molecule has 2 N–H and O–H groups in total. The zero-order valence-electron chi connectivity index (χ0n) is 20.6. The Morgan fingerprint density at radius 2 is 1.67 bits per heavy atom. The molecule has 204 valence electrons. The molecule has 4 unspecified atom stereocenters. The van der Waals surface area contributed by atoms with E-state index in [4.69, 9.17) is 4.74 Å². The molecule has 1 fully saturated rings. The standard InChI is InChI=1S/C23H31F6N3O4/c1-6-18-11-31(10-17(12-33)30-19(34)36-21(3,4)5)20(35)32(18)13(2)14-7-15(22(24,25)26)9-16(8-14)23(27,28)29/h7-9,12-13,17-18,20,35H,6,10-11H2,1-5H3,(H,30,34). The number of nitrogens with one attached hydrogen (secondary N) is 1. The molecule has 2 rings (SSSR count). The fraction of sp³-hybridized carbons (Fsp3) is 0.652. The SMILES string of the molecule is CCC1CN(CC(C=O)NC(=O)OC(C)(C)C)C(O)N1C(C)c1cc(C(F)(F)F)cc(C(F)(F)F)c1. The first-order valence-corrected chi connectivity index (χ1v) is 11.3. The lowest BCUT2D eigenvalue weighted by Crippen LogP contribution is -2.49. The van der Waals surface area contributed by atoms with Crippen LogP contribution in [0, 0.1) is 0 Å². The predicted octanol–water partition coefficient (Wildman–Crippen LogP) is 4.55. The molecule has 0 saturated carbocycles. The van der Waals surface area contributed by atoms with Gasteiger partial charge >= 0.3 is 18.4 Å². The summed E-state index contributed by atoms with van der Waals surface area (Å²) in [5, 5.41) is 13.3. The number of ether oxygens (including phenoxy) is 1. The third kappa shape index (κ3) is 7.56. The van der Waals surface area contributed by atoms with Gasteiger partial charge in [-0.2, -0.15) is 26.3 Å². The van der Waals surface area contributed by atoms with Crippen molar-refractivity contribution in [2.75, 3.05) is 13.1 Å². The largest absolute Gasteiger partial charge is 0.444 e. The summed E-state index contributed by atoms with van der Waals surface area (Å²) in [6.45, 7) is 8.07. The first kappa shape index (κ1) is 29.8. The average Bonchev–Trinajstić information content (AvgIpc) is 3.04. The molecule has 0 aliphatic carbocycles. The molecule has 13 heteroatoms. The van der Waals surface area contributed by atoms with Crippen molar-refractivity contribution in [2.24, 2.45) is 0 Å². The van der Waals surface area contributed by atoms with Gasteiger partial charge in [-0.3, -0.25) is 9.80 Å². The molecule has 1 aromatic carbocycles. The molecule has 0 aromatic heterocycles. The molecular formula is C23H31F6N3O4. The van der Waals surface area contributed by atoms with E-state index in [1.54, 1.807) is 27.7 Å². The molecule has 1 saturated heterocycles. The van der Waals surface area contributed by atoms with Crippen LogP contribution in [0.5, 0.6) is 0 Å². The lowest BCUT2D eigenvalue weighted by Gasteiger charge is -2.34. The highest BCUT2D eigenvalue weighted by molar-refractivity contribution is 5.73. The van der Waals surface area contributed by atoms with Gasteiger partial charge in [0, 0.05) is 25.2 Å². The number of alkyl halides is 6. The van der Waals surface area contributed by atoms with Crippen molar-refractivity contribution in [3.63, 3.8) is 0 Å². The third-order valence-corrected chi connectivity index (χ3v) is 5.77. The molecule has 1 amide bonds. The highest BCUT2D eigenvalue weighted by Crippen LogP contribution is 2.40. The van der Waals surface area contributed by atoms with Gasteiger partial charge in [0.1, 0.15) is 17.9 Å². The van der Waals surface area contributed by atoms with Gasteiger partial charge in [0.05, 0.1) is 11.1 Å². The molecule has 36 heavy (non-hydrogen) atoms. The number of benzene rings is 1. The first-order valence-electron chi connectivity index (χ1n) is 11.3. The molecule has 0 spiro atoms. The quantitative estimate of drug-likeness (QED) is 0.400. The Morgan fingerprint density at radius 1 is 1.14 bits per heavy atom. The van der Waals surface area contributed by atoms with Gasteiger partial charge in [-0.1, -0.05) is 6.92 Å². The van der Waals surface area contributed by atoms with Crippen LogP contribution in [0.15, 0.2) is 18.2 Å². The summed E-state index contributed by atoms with van der Waals surface area (Å²) in [5.74, 6) is 0. The second-order valence-corrected chi connectivity index (χ2v) is 9.71. The van der Waals surface area contributed by atoms with Crippen molar-refractivity contribution in [3.8, 4) is 0 Å². The lowest BCUT2D eigenvalue weighted by molar-refractivity contribution is -0.143. The van der Waals surface area contributed by atoms with E-state index in [0.717, 1.165) is 0 Å². The zero-order chi connectivity index (χ0) is 27.6. The molecular weight excluding hydrogens is 496 g/mol. The number of alkyl carbamates (subject to hydrolysis) is 1. The summed E-state index contributed by atoms with van der Waals surface area (Å²) in [4.78, 5) is 26.4. The number of aliphatic hydroxyl groups excluding tert-OH is 1. The minimum Gasteiger partial charge on any atom is -0.444 e. The maximum Gasteiger partial charge on any atom is 0.416 e.